The summed E-state index contributed by atoms with van der Waals surface area (Å²) in [7, 11) is -3.59. The van der Waals surface area contributed by atoms with Gasteiger partial charge in [-0.1, -0.05) is 6.07 Å². The van der Waals surface area contributed by atoms with Crippen LogP contribution in [0.15, 0.2) is 28.5 Å². The molecule has 0 aliphatic carbocycles. The van der Waals surface area contributed by atoms with Gasteiger partial charge in [-0.25, -0.2) is 8.42 Å². The van der Waals surface area contributed by atoms with E-state index in [0.29, 0.717) is 15.5 Å². The molecule has 2 aromatic rings. The second-order valence-corrected chi connectivity index (χ2v) is 7.36. The average Bonchev–Trinajstić information content (AvgIpc) is 2.75. The number of aryl methyl sites for hydroxylation is 3. The molecule has 0 amide bonds. The van der Waals surface area contributed by atoms with Crippen LogP contribution < -0.4 is 10.5 Å². The molecule has 0 unspecified atom stereocenters. The van der Waals surface area contributed by atoms with Gasteiger partial charge < -0.3 is 5.73 Å². The fourth-order valence-electron chi connectivity index (χ4n) is 2.00. The minimum Gasteiger partial charge on any atom is -0.326 e. The second-order valence-electron chi connectivity index (χ2n) is 4.78. The Kier molecular flexibility index (Phi) is 4.17. The predicted octanol–water partition coefficient (Wildman–Crippen LogP) is 2.93. The van der Waals surface area contributed by atoms with Gasteiger partial charge in [-0.3, -0.25) is 4.72 Å². The van der Waals surface area contributed by atoms with Crippen LogP contribution in [0.3, 0.4) is 0 Å². The van der Waals surface area contributed by atoms with Crippen LogP contribution in [0.1, 0.15) is 21.6 Å². The third kappa shape index (κ3) is 2.87. The first-order valence-electron chi connectivity index (χ1n) is 6.22. The molecule has 0 aliphatic rings. The molecule has 20 heavy (non-hydrogen) atoms. The van der Waals surface area contributed by atoms with Gasteiger partial charge in [0.1, 0.15) is 4.90 Å². The average molecular weight is 310 g/mol. The van der Waals surface area contributed by atoms with E-state index in [9.17, 15) is 8.42 Å². The van der Waals surface area contributed by atoms with Crippen molar-refractivity contribution < 1.29 is 8.42 Å². The number of thiophene rings is 1. The molecule has 1 heterocycles. The van der Waals surface area contributed by atoms with Crippen molar-refractivity contribution in [3.05, 3.63) is 45.1 Å². The van der Waals surface area contributed by atoms with E-state index >= 15 is 0 Å². The Bertz CT molecular complexity index is 734. The van der Waals surface area contributed by atoms with Gasteiger partial charge in [-0.05, 0) is 55.0 Å². The fraction of sp³-hybridized carbons (Fsp3) is 0.286. The number of nitrogens with two attached hydrogens (primary N) is 1. The zero-order valence-electron chi connectivity index (χ0n) is 11.7. The molecule has 0 atom stereocenters. The molecule has 0 bridgehead atoms. The van der Waals surface area contributed by atoms with Crippen molar-refractivity contribution in [1.82, 2.24) is 0 Å². The van der Waals surface area contributed by atoms with Crippen molar-refractivity contribution in [2.45, 2.75) is 32.2 Å². The summed E-state index contributed by atoms with van der Waals surface area (Å²) in [4.78, 5) is 0.988. The molecule has 3 N–H and O–H groups in total. The van der Waals surface area contributed by atoms with Crippen molar-refractivity contribution in [3.8, 4) is 0 Å². The monoisotopic (exact) mass is 310 g/mol. The number of nitrogens with one attached hydrogen (secondary N) is 1. The summed E-state index contributed by atoms with van der Waals surface area (Å²) in [6.45, 7) is 5.95. The van der Waals surface area contributed by atoms with E-state index in [-0.39, 0.29) is 6.54 Å². The number of benzene rings is 1. The Hall–Kier alpha value is -1.37. The van der Waals surface area contributed by atoms with Crippen LogP contribution in [0.5, 0.6) is 0 Å². The van der Waals surface area contributed by atoms with E-state index in [2.05, 4.69) is 4.72 Å². The van der Waals surface area contributed by atoms with Crippen molar-refractivity contribution >= 4 is 27.0 Å². The Morgan fingerprint density at radius 1 is 1.15 bits per heavy atom. The second kappa shape index (κ2) is 5.55. The molecule has 2 rings (SSSR count). The number of sulfonamides is 1. The maximum atomic E-state index is 12.5. The molecule has 0 aliphatic heterocycles. The zero-order chi connectivity index (χ0) is 14.9. The van der Waals surface area contributed by atoms with Crippen LogP contribution in [0.25, 0.3) is 0 Å². The molecule has 4 nitrogen and oxygen atoms in total. The van der Waals surface area contributed by atoms with Gasteiger partial charge in [0.05, 0.1) is 0 Å². The highest BCUT2D eigenvalue weighted by molar-refractivity contribution is 7.93. The summed E-state index contributed by atoms with van der Waals surface area (Å²) in [6.07, 6.45) is 0. The van der Waals surface area contributed by atoms with E-state index < -0.39 is 10.0 Å². The summed E-state index contributed by atoms with van der Waals surface area (Å²) in [6, 6.07) is 5.50. The lowest BCUT2D eigenvalue weighted by atomic mass is 10.1. The predicted molar refractivity (Wildman–Crippen MR) is 83.7 cm³/mol. The van der Waals surface area contributed by atoms with Gasteiger partial charge in [0, 0.05) is 17.1 Å². The van der Waals surface area contributed by atoms with Gasteiger partial charge >= 0.3 is 0 Å². The molecule has 0 saturated heterocycles. The first kappa shape index (κ1) is 15.0. The fourth-order valence-corrected chi connectivity index (χ4v) is 4.75. The van der Waals surface area contributed by atoms with Crippen LogP contribution in [0, 0.1) is 20.8 Å². The molecule has 0 spiro atoms. The number of rotatable bonds is 4. The number of anilines is 1. The maximum Gasteiger partial charge on any atom is 0.263 e. The lowest BCUT2D eigenvalue weighted by Gasteiger charge is -2.11. The molecule has 6 heteroatoms. The molecule has 0 radical (unpaired) electrons. The molecular weight excluding hydrogens is 292 g/mol. The molecule has 0 saturated carbocycles. The van der Waals surface area contributed by atoms with E-state index in [4.69, 9.17) is 5.73 Å². The van der Waals surface area contributed by atoms with Crippen molar-refractivity contribution in [3.63, 3.8) is 0 Å². The summed E-state index contributed by atoms with van der Waals surface area (Å²) >= 11 is 1.38. The van der Waals surface area contributed by atoms with Gasteiger partial charge in [0.15, 0.2) is 0 Å². The third-order valence-electron chi connectivity index (χ3n) is 3.20. The number of hydrogen-bond donors (Lipinski definition) is 2. The van der Waals surface area contributed by atoms with Gasteiger partial charge in [-0.2, -0.15) is 0 Å². The van der Waals surface area contributed by atoms with Crippen molar-refractivity contribution in [2.24, 2.45) is 5.73 Å². The smallest absolute Gasteiger partial charge is 0.263 e. The van der Waals surface area contributed by atoms with Crippen LogP contribution >= 0.6 is 11.3 Å². The van der Waals surface area contributed by atoms with E-state index in [0.717, 1.165) is 16.7 Å². The highest BCUT2D eigenvalue weighted by atomic mass is 32.2. The lowest BCUT2D eigenvalue weighted by Crippen LogP contribution is -2.16. The molecular formula is C14H18N2O2S2. The van der Waals surface area contributed by atoms with E-state index in [1.54, 1.807) is 13.0 Å². The highest BCUT2D eigenvalue weighted by Gasteiger charge is 2.22. The summed E-state index contributed by atoms with van der Waals surface area (Å²) in [5.41, 5.74) is 9.09. The maximum absolute atomic E-state index is 12.5. The summed E-state index contributed by atoms with van der Waals surface area (Å²) in [5.74, 6) is 0. The number of hydrogen-bond acceptors (Lipinski definition) is 4. The Morgan fingerprint density at radius 2 is 1.85 bits per heavy atom. The lowest BCUT2D eigenvalue weighted by molar-refractivity contribution is 0.600. The van der Waals surface area contributed by atoms with Crippen molar-refractivity contribution in [2.75, 3.05) is 4.72 Å². The summed E-state index contributed by atoms with van der Waals surface area (Å²) in [5, 5.41) is 1.82. The standard InChI is InChI=1S/C14H18N2O2S2/c1-9-4-5-12(6-10(9)2)16-20(17,18)14-11(3)8-19-13(14)7-15/h4-6,8,16H,7,15H2,1-3H3. The normalized spacial score (nSPS) is 11.6. The van der Waals surface area contributed by atoms with Crippen LogP contribution in [-0.4, -0.2) is 8.42 Å². The minimum atomic E-state index is -3.59. The first-order valence-corrected chi connectivity index (χ1v) is 8.58. The van der Waals surface area contributed by atoms with Crippen LogP contribution in [0.4, 0.5) is 5.69 Å². The third-order valence-corrected chi connectivity index (χ3v) is 6.07. The molecule has 108 valence electrons. The first-order chi connectivity index (χ1) is 9.35. The van der Waals surface area contributed by atoms with Gasteiger partial charge in [0.25, 0.3) is 10.0 Å². The topological polar surface area (TPSA) is 72.2 Å². The minimum absolute atomic E-state index is 0.224. The van der Waals surface area contributed by atoms with E-state index in [1.165, 1.54) is 11.3 Å². The van der Waals surface area contributed by atoms with Crippen LogP contribution in [-0.2, 0) is 16.6 Å². The Labute approximate surface area is 123 Å². The SMILES string of the molecule is Cc1ccc(NS(=O)(=O)c2c(C)csc2CN)cc1C. The van der Waals surface area contributed by atoms with Crippen LogP contribution in [0.2, 0.25) is 0 Å². The Morgan fingerprint density at radius 3 is 2.45 bits per heavy atom. The quantitative estimate of drug-likeness (QED) is 0.912. The molecule has 0 fully saturated rings. The van der Waals surface area contributed by atoms with Crippen molar-refractivity contribution in [1.29, 1.82) is 0 Å². The molecule has 1 aromatic heterocycles. The van der Waals surface area contributed by atoms with E-state index in [1.807, 2.05) is 31.4 Å². The zero-order valence-corrected chi connectivity index (χ0v) is 13.4. The highest BCUT2D eigenvalue weighted by Crippen LogP contribution is 2.28. The van der Waals surface area contributed by atoms with Gasteiger partial charge in [-0.15, -0.1) is 11.3 Å². The summed E-state index contributed by atoms with van der Waals surface area (Å²) < 4.78 is 27.6. The van der Waals surface area contributed by atoms with Gasteiger partial charge in [0.2, 0.25) is 0 Å². The Balaban J connectivity index is 2.40. The molecule has 1 aromatic carbocycles. The largest absolute Gasteiger partial charge is 0.326 e.